The van der Waals surface area contributed by atoms with E-state index in [2.05, 4.69) is 0 Å². The summed E-state index contributed by atoms with van der Waals surface area (Å²) in [5.41, 5.74) is 0.901. The minimum absolute atomic E-state index is 0.0280. The molecule has 0 bridgehead atoms. The largest absolute Gasteiger partial charge is 0.317 e. The summed E-state index contributed by atoms with van der Waals surface area (Å²) >= 11 is 0. The van der Waals surface area contributed by atoms with Gasteiger partial charge in [-0.15, -0.1) is 0 Å². The Balaban J connectivity index is 3.33. The van der Waals surface area contributed by atoms with Gasteiger partial charge in [-0.3, -0.25) is 10.1 Å². The zero-order chi connectivity index (χ0) is 12.6. The topological polar surface area (TPSA) is 77.3 Å². The summed E-state index contributed by atoms with van der Waals surface area (Å²) in [5.74, 6) is 0. The predicted octanol–water partition coefficient (Wildman–Crippen LogP) is 1.78. The second-order valence-corrected chi connectivity index (χ2v) is 6.50. The van der Waals surface area contributed by atoms with E-state index in [0.29, 0.717) is 0 Å². The van der Waals surface area contributed by atoms with Crippen LogP contribution in [0.1, 0.15) is 19.4 Å². The van der Waals surface area contributed by atoms with Crippen molar-refractivity contribution in [2.24, 2.45) is 0 Å². The summed E-state index contributed by atoms with van der Waals surface area (Å²) in [6.45, 7) is 3.99. The van der Waals surface area contributed by atoms with Gasteiger partial charge in [-0.1, -0.05) is 17.7 Å². The maximum Gasteiger partial charge on any atom is 0.317 e. The molecule has 0 saturated heterocycles. The Morgan fingerprint density at radius 1 is 1.19 bits per heavy atom. The highest BCUT2D eigenvalue weighted by Crippen LogP contribution is 2.25. The van der Waals surface area contributed by atoms with Gasteiger partial charge in [0, 0.05) is 18.8 Å². The summed E-state index contributed by atoms with van der Waals surface area (Å²) in [6, 6.07) is 6.00. The van der Waals surface area contributed by atoms with E-state index in [4.69, 9.17) is 0 Å². The molecule has 0 aliphatic heterocycles. The van der Waals surface area contributed by atoms with Crippen molar-refractivity contribution in [3.8, 4) is 0 Å². The number of sulfone groups is 1. The van der Waals surface area contributed by atoms with Crippen LogP contribution in [0.15, 0.2) is 29.2 Å². The fraction of sp³-hybridized carbons (Fsp3) is 0.400. The number of benzene rings is 1. The van der Waals surface area contributed by atoms with Gasteiger partial charge in [0.2, 0.25) is 9.84 Å². The van der Waals surface area contributed by atoms with Crippen LogP contribution in [0, 0.1) is 17.0 Å². The Morgan fingerprint density at radius 2 is 1.62 bits per heavy atom. The van der Waals surface area contributed by atoms with Crippen LogP contribution in [0.5, 0.6) is 0 Å². The Hall–Kier alpha value is -1.43. The molecule has 0 N–H and O–H groups in total. The second kappa shape index (κ2) is 3.86. The van der Waals surface area contributed by atoms with E-state index in [1.54, 1.807) is 12.1 Å². The molecule has 0 aromatic heterocycles. The molecule has 1 aromatic rings. The number of rotatable bonds is 3. The van der Waals surface area contributed by atoms with Gasteiger partial charge in [-0.25, -0.2) is 8.42 Å². The molecule has 0 saturated carbocycles. The highest BCUT2D eigenvalue weighted by molar-refractivity contribution is 7.92. The molecule has 1 rings (SSSR count). The summed E-state index contributed by atoms with van der Waals surface area (Å²) in [4.78, 5) is 7.91. The minimum atomic E-state index is -3.95. The quantitative estimate of drug-likeness (QED) is 0.599. The van der Waals surface area contributed by atoms with Crippen LogP contribution < -0.4 is 0 Å². The van der Waals surface area contributed by atoms with E-state index in [1.807, 2.05) is 6.92 Å². The first-order valence-corrected chi connectivity index (χ1v) is 6.13. The van der Waals surface area contributed by atoms with Crippen LogP contribution in [0.4, 0.5) is 0 Å². The monoisotopic (exact) mass is 243 g/mol. The van der Waals surface area contributed by atoms with Crippen molar-refractivity contribution in [2.45, 2.75) is 30.5 Å². The highest BCUT2D eigenvalue weighted by atomic mass is 32.2. The number of nitrogens with zero attached hydrogens (tertiary/aromatic N) is 1. The molecule has 0 spiro atoms. The lowest BCUT2D eigenvalue weighted by molar-refractivity contribution is -0.531. The molecular weight excluding hydrogens is 230 g/mol. The smallest absolute Gasteiger partial charge is 0.263 e. The molecule has 0 amide bonds. The van der Waals surface area contributed by atoms with E-state index >= 15 is 0 Å². The zero-order valence-electron chi connectivity index (χ0n) is 9.30. The number of aryl methyl sites for hydroxylation is 1. The van der Waals surface area contributed by atoms with Crippen molar-refractivity contribution in [3.05, 3.63) is 39.9 Å². The van der Waals surface area contributed by atoms with Crippen molar-refractivity contribution in [1.82, 2.24) is 0 Å². The van der Waals surface area contributed by atoms with Crippen molar-refractivity contribution in [1.29, 1.82) is 0 Å². The van der Waals surface area contributed by atoms with Crippen LogP contribution in [-0.2, 0) is 9.84 Å². The minimum Gasteiger partial charge on any atom is -0.263 e. The average Bonchev–Trinajstić information content (AvgIpc) is 2.17. The average molecular weight is 243 g/mol. The molecule has 16 heavy (non-hydrogen) atoms. The van der Waals surface area contributed by atoms with E-state index in [0.717, 1.165) is 19.4 Å². The van der Waals surface area contributed by atoms with Gasteiger partial charge in [0.15, 0.2) is 0 Å². The van der Waals surface area contributed by atoms with Crippen molar-refractivity contribution in [2.75, 3.05) is 0 Å². The summed E-state index contributed by atoms with van der Waals surface area (Å²) in [5, 5.41) is 10.7. The van der Waals surface area contributed by atoms with Crippen molar-refractivity contribution in [3.63, 3.8) is 0 Å². The van der Waals surface area contributed by atoms with Gasteiger partial charge in [-0.05, 0) is 19.1 Å². The molecule has 0 fully saturated rings. The SMILES string of the molecule is Cc1ccc(S(=O)(=O)C(C)(C)[N+](=O)[O-])cc1. The Kier molecular flexibility index (Phi) is 3.05. The first-order valence-electron chi connectivity index (χ1n) is 4.65. The number of nitro groups is 1. The molecule has 88 valence electrons. The number of hydrogen-bond acceptors (Lipinski definition) is 4. The van der Waals surface area contributed by atoms with Gasteiger partial charge >= 0.3 is 4.87 Å². The second-order valence-electron chi connectivity index (χ2n) is 4.02. The molecule has 0 radical (unpaired) electrons. The van der Waals surface area contributed by atoms with Crippen LogP contribution in [-0.4, -0.2) is 18.2 Å². The molecule has 0 heterocycles. The van der Waals surface area contributed by atoms with Crippen molar-refractivity contribution < 1.29 is 13.3 Å². The van der Waals surface area contributed by atoms with Crippen LogP contribution in [0.3, 0.4) is 0 Å². The fourth-order valence-corrected chi connectivity index (χ4v) is 2.37. The predicted molar refractivity (Wildman–Crippen MR) is 59.4 cm³/mol. The lowest BCUT2D eigenvalue weighted by Gasteiger charge is -2.16. The van der Waals surface area contributed by atoms with E-state index in [9.17, 15) is 18.5 Å². The highest BCUT2D eigenvalue weighted by Gasteiger charge is 2.47. The standard InChI is InChI=1S/C10H13NO4S/c1-8-4-6-9(7-5-8)16(14,15)10(2,3)11(12)13/h4-7H,1-3H3. The molecule has 6 heteroatoms. The molecular formula is C10H13NO4S. The van der Waals surface area contributed by atoms with E-state index in [1.165, 1.54) is 12.1 Å². The van der Waals surface area contributed by atoms with Crippen molar-refractivity contribution >= 4 is 9.84 Å². The van der Waals surface area contributed by atoms with E-state index < -0.39 is 19.6 Å². The Morgan fingerprint density at radius 3 is 2.00 bits per heavy atom. The van der Waals surface area contributed by atoms with Gasteiger partial charge in [0.05, 0.1) is 4.90 Å². The lowest BCUT2D eigenvalue weighted by Crippen LogP contribution is -2.40. The molecule has 0 unspecified atom stereocenters. The van der Waals surface area contributed by atoms with Crippen LogP contribution >= 0.6 is 0 Å². The molecule has 0 aliphatic carbocycles. The van der Waals surface area contributed by atoms with Gasteiger partial charge < -0.3 is 0 Å². The third-order valence-electron chi connectivity index (χ3n) is 2.43. The maximum absolute atomic E-state index is 12.0. The molecule has 0 aliphatic rings. The summed E-state index contributed by atoms with van der Waals surface area (Å²) < 4.78 is 23.9. The Labute approximate surface area is 94.2 Å². The molecule has 1 aromatic carbocycles. The lowest BCUT2D eigenvalue weighted by atomic mass is 10.2. The third kappa shape index (κ3) is 1.92. The van der Waals surface area contributed by atoms with Gasteiger partial charge in [-0.2, -0.15) is 0 Å². The summed E-state index contributed by atoms with van der Waals surface area (Å²) in [7, 11) is -3.95. The summed E-state index contributed by atoms with van der Waals surface area (Å²) in [6.07, 6.45) is 0. The fourth-order valence-electron chi connectivity index (χ4n) is 1.10. The zero-order valence-corrected chi connectivity index (χ0v) is 10.1. The van der Waals surface area contributed by atoms with Gasteiger partial charge in [0.25, 0.3) is 0 Å². The molecule has 5 nitrogen and oxygen atoms in total. The van der Waals surface area contributed by atoms with Crippen LogP contribution in [0.2, 0.25) is 0 Å². The van der Waals surface area contributed by atoms with Crippen LogP contribution in [0.25, 0.3) is 0 Å². The molecule has 0 atom stereocenters. The first-order chi connectivity index (χ1) is 7.19. The maximum atomic E-state index is 12.0. The number of hydrogen-bond donors (Lipinski definition) is 0. The first kappa shape index (κ1) is 12.6. The van der Waals surface area contributed by atoms with Gasteiger partial charge in [0.1, 0.15) is 0 Å². The van der Waals surface area contributed by atoms with E-state index in [-0.39, 0.29) is 4.90 Å². The third-order valence-corrected chi connectivity index (χ3v) is 4.79. The normalized spacial score (nSPS) is 12.4. The Bertz CT molecular complexity index is 502.